The molecule has 0 fully saturated rings. The Kier molecular flexibility index (Phi) is 7.01. The smallest absolute Gasteiger partial charge is 0.260 e. The summed E-state index contributed by atoms with van der Waals surface area (Å²) in [5.41, 5.74) is 13.7. The number of rotatable bonds is 4. The first-order chi connectivity index (χ1) is 29.8. The Morgan fingerprint density at radius 2 is 1.15 bits per heavy atom. The number of hydrogen-bond acceptors (Lipinski definition) is 5. The van der Waals surface area contributed by atoms with Crippen molar-refractivity contribution in [3.63, 3.8) is 0 Å². The molecule has 0 N–H and O–H groups in total. The molecule has 2 aromatic heterocycles. The van der Waals surface area contributed by atoms with Gasteiger partial charge in [-0.2, -0.15) is 0 Å². The van der Waals surface area contributed by atoms with Crippen molar-refractivity contribution in [1.29, 1.82) is 0 Å². The molecule has 0 spiro atoms. The molecule has 3 aliphatic heterocycles. The van der Waals surface area contributed by atoms with E-state index in [1.54, 1.807) is 6.20 Å². The monoisotopic (exact) mass is 769 g/mol. The van der Waals surface area contributed by atoms with Crippen LogP contribution in [0.25, 0.3) is 49.7 Å². The predicted octanol–water partition coefficient (Wildman–Crippen LogP) is 11.8. The van der Waals surface area contributed by atoms with Gasteiger partial charge >= 0.3 is 0 Å². The largest absolute Gasteiger partial charge is 0.458 e. The molecule has 5 heterocycles. The lowest BCUT2D eigenvalue weighted by Crippen LogP contribution is -2.57. The number of para-hydroxylation sites is 5. The SMILES string of the molecule is c1ccc(N2c3cccc(-c4cccnc4)c3Oc3c2ccc2c3c3ccccc3n2-c2ccc(-c3cc4c5c(c3)Oc3ccccc3B5c3ccccc3O4)cc2)cc1. The minimum absolute atomic E-state index is 0.0431. The molecule has 0 saturated heterocycles. The number of benzene rings is 8. The molecule has 0 radical (unpaired) electrons. The molecule has 280 valence electrons. The highest BCUT2D eigenvalue weighted by atomic mass is 16.5. The average molecular weight is 770 g/mol. The number of ether oxygens (including phenoxy) is 3. The van der Waals surface area contributed by atoms with E-state index in [0.717, 1.165) is 118 Å². The lowest BCUT2D eigenvalue weighted by Gasteiger charge is -2.34. The highest BCUT2D eigenvalue weighted by molar-refractivity contribution is 6.98. The Balaban J connectivity index is 0.955. The summed E-state index contributed by atoms with van der Waals surface area (Å²) < 4.78 is 22.7. The van der Waals surface area contributed by atoms with Gasteiger partial charge in [0.05, 0.1) is 27.8 Å². The van der Waals surface area contributed by atoms with E-state index in [2.05, 4.69) is 178 Å². The van der Waals surface area contributed by atoms with Gasteiger partial charge in [-0.15, -0.1) is 0 Å². The highest BCUT2D eigenvalue weighted by Gasteiger charge is 2.40. The number of aromatic nitrogens is 2. The fourth-order valence-electron chi connectivity index (χ4n) is 9.58. The van der Waals surface area contributed by atoms with E-state index < -0.39 is 0 Å². The van der Waals surface area contributed by atoms with Crippen molar-refractivity contribution in [3.05, 3.63) is 194 Å². The lowest BCUT2D eigenvalue weighted by atomic mass is 9.35. The number of anilines is 3. The third-order valence-electron chi connectivity index (χ3n) is 12.2. The summed E-state index contributed by atoms with van der Waals surface area (Å²) in [6, 6.07) is 63.7. The molecule has 7 heteroatoms. The zero-order valence-corrected chi connectivity index (χ0v) is 32.1. The third-order valence-corrected chi connectivity index (χ3v) is 12.2. The molecule has 10 aromatic rings. The van der Waals surface area contributed by atoms with Gasteiger partial charge in [0, 0.05) is 45.7 Å². The Bertz CT molecular complexity index is 3290. The molecule has 6 nitrogen and oxygen atoms in total. The summed E-state index contributed by atoms with van der Waals surface area (Å²) in [5.74, 6) is 5.03. The first kappa shape index (κ1) is 33.0. The molecule has 0 saturated carbocycles. The van der Waals surface area contributed by atoms with Gasteiger partial charge in [0.1, 0.15) is 23.0 Å². The Hall–Kier alpha value is -8.03. The predicted molar refractivity (Wildman–Crippen MR) is 242 cm³/mol. The van der Waals surface area contributed by atoms with Crippen molar-refractivity contribution in [2.24, 2.45) is 0 Å². The van der Waals surface area contributed by atoms with E-state index in [4.69, 9.17) is 14.2 Å². The fourth-order valence-corrected chi connectivity index (χ4v) is 9.58. The Labute approximate surface area is 346 Å². The first-order valence-corrected chi connectivity index (χ1v) is 20.2. The van der Waals surface area contributed by atoms with Crippen LogP contribution >= 0.6 is 0 Å². The summed E-state index contributed by atoms with van der Waals surface area (Å²) in [5, 5.41) is 2.17. The van der Waals surface area contributed by atoms with Crippen molar-refractivity contribution in [2.45, 2.75) is 0 Å². The molecule has 60 heavy (non-hydrogen) atoms. The third kappa shape index (κ3) is 4.80. The van der Waals surface area contributed by atoms with Crippen LogP contribution in [0, 0.1) is 0 Å². The van der Waals surface area contributed by atoms with E-state index in [1.165, 1.54) is 0 Å². The molecule has 0 bridgehead atoms. The number of pyridine rings is 1. The molecule has 0 atom stereocenters. The maximum absolute atomic E-state index is 7.18. The van der Waals surface area contributed by atoms with Crippen molar-refractivity contribution < 1.29 is 14.2 Å². The number of hydrogen-bond donors (Lipinski definition) is 0. The van der Waals surface area contributed by atoms with Gasteiger partial charge in [-0.3, -0.25) is 4.98 Å². The standard InChI is InChI=1S/C53H32BN3O3/c1-2-13-36(14-3-1)57-44-20-10-16-38(34-12-11-29-55-32-34)52(44)60-53-45(57)28-27-43-50(53)39-15-4-7-19-42(39)56(43)37-25-23-33(24-26-37)35-30-48-51-49(31-35)59-47-22-9-6-18-41(47)54(51)40-17-5-8-21-46(40)58-48/h1-32H. The van der Waals surface area contributed by atoms with Crippen LogP contribution in [0.5, 0.6) is 34.5 Å². The molecular weight excluding hydrogens is 737 g/mol. The van der Waals surface area contributed by atoms with Crippen LogP contribution in [-0.2, 0) is 0 Å². The molecule has 0 aliphatic carbocycles. The minimum atomic E-state index is 0.0431. The average Bonchev–Trinajstić information content (AvgIpc) is 3.66. The van der Waals surface area contributed by atoms with Gasteiger partial charge in [0.2, 0.25) is 0 Å². The Morgan fingerprint density at radius 1 is 0.450 bits per heavy atom. The zero-order valence-electron chi connectivity index (χ0n) is 32.1. The molecule has 0 unspecified atom stereocenters. The molecular formula is C53H32BN3O3. The second kappa shape index (κ2) is 12.7. The normalized spacial score (nSPS) is 13.0. The van der Waals surface area contributed by atoms with Crippen molar-refractivity contribution in [1.82, 2.24) is 9.55 Å². The van der Waals surface area contributed by atoms with Crippen LogP contribution in [0.4, 0.5) is 17.1 Å². The van der Waals surface area contributed by atoms with Gasteiger partial charge in [0.15, 0.2) is 11.5 Å². The second-order valence-corrected chi connectivity index (χ2v) is 15.5. The van der Waals surface area contributed by atoms with Crippen LogP contribution in [0.3, 0.4) is 0 Å². The van der Waals surface area contributed by atoms with Crippen LogP contribution in [0.15, 0.2) is 194 Å². The van der Waals surface area contributed by atoms with E-state index in [0.29, 0.717) is 0 Å². The van der Waals surface area contributed by atoms with Gasteiger partial charge in [-0.25, -0.2) is 0 Å². The molecule has 3 aliphatic rings. The van der Waals surface area contributed by atoms with Crippen molar-refractivity contribution >= 4 is 62.0 Å². The van der Waals surface area contributed by atoms with E-state index in [-0.39, 0.29) is 6.71 Å². The lowest BCUT2D eigenvalue weighted by molar-refractivity contribution is 0.465. The van der Waals surface area contributed by atoms with Crippen LogP contribution in [-0.4, -0.2) is 16.3 Å². The maximum Gasteiger partial charge on any atom is 0.260 e. The summed E-state index contributed by atoms with van der Waals surface area (Å²) in [6.45, 7) is 0.0431. The van der Waals surface area contributed by atoms with Crippen LogP contribution < -0.4 is 35.5 Å². The van der Waals surface area contributed by atoms with Crippen LogP contribution in [0.1, 0.15) is 0 Å². The van der Waals surface area contributed by atoms with Crippen molar-refractivity contribution in [2.75, 3.05) is 4.90 Å². The second-order valence-electron chi connectivity index (χ2n) is 15.5. The highest BCUT2D eigenvalue weighted by Crippen LogP contribution is 2.57. The van der Waals surface area contributed by atoms with Gasteiger partial charge in [-0.1, -0.05) is 103 Å². The summed E-state index contributed by atoms with van der Waals surface area (Å²) in [6.07, 6.45) is 3.70. The minimum Gasteiger partial charge on any atom is -0.458 e. The quantitative estimate of drug-likeness (QED) is 0.167. The summed E-state index contributed by atoms with van der Waals surface area (Å²) in [7, 11) is 0. The molecule has 8 aromatic carbocycles. The molecule has 13 rings (SSSR count). The fraction of sp³-hybridized carbons (Fsp3) is 0. The van der Waals surface area contributed by atoms with Crippen LogP contribution in [0.2, 0.25) is 0 Å². The summed E-state index contributed by atoms with van der Waals surface area (Å²) in [4.78, 5) is 6.76. The van der Waals surface area contributed by atoms with Gasteiger partial charge in [0.25, 0.3) is 6.71 Å². The van der Waals surface area contributed by atoms with E-state index in [1.807, 2.05) is 24.4 Å². The van der Waals surface area contributed by atoms with E-state index >= 15 is 0 Å². The topological polar surface area (TPSA) is 48.8 Å². The van der Waals surface area contributed by atoms with Gasteiger partial charge in [-0.05, 0) is 101 Å². The number of nitrogens with zero attached hydrogens (tertiary/aromatic N) is 3. The van der Waals surface area contributed by atoms with Crippen molar-refractivity contribution in [3.8, 4) is 62.4 Å². The summed E-state index contributed by atoms with van der Waals surface area (Å²) >= 11 is 0. The van der Waals surface area contributed by atoms with E-state index in [9.17, 15) is 0 Å². The Morgan fingerprint density at radius 3 is 1.90 bits per heavy atom. The first-order valence-electron chi connectivity index (χ1n) is 20.2. The van der Waals surface area contributed by atoms with Gasteiger partial charge < -0.3 is 23.7 Å². The zero-order chi connectivity index (χ0) is 39.3. The maximum atomic E-state index is 7.18. The molecule has 0 amide bonds. The number of fused-ring (bicyclic) bond motifs is 10.